The van der Waals surface area contributed by atoms with Crippen LogP contribution in [0, 0.1) is 0 Å². The first kappa shape index (κ1) is 68.5. The van der Waals surface area contributed by atoms with E-state index in [0.29, 0.717) is 6.42 Å². The molecule has 1 saturated carbocycles. The minimum atomic E-state index is -5.52. The van der Waals surface area contributed by atoms with Crippen LogP contribution in [0.5, 0.6) is 0 Å². The number of carboxylic acid groups (broad SMARTS) is 1. The van der Waals surface area contributed by atoms with E-state index >= 15 is 0 Å². The molecule has 422 valence electrons. The van der Waals surface area contributed by atoms with Gasteiger partial charge in [0, 0.05) is 23.8 Å². The third-order valence-electron chi connectivity index (χ3n) is 11.6. The maximum Gasteiger partial charge on any atom is 0.472 e. The number of aliphatic carboxylic acids is 1. The summed E-state index contributed by atoms with van der Waals surface area (Å²) in [6, 6.07) is -1.40. The highest BCUT2D eigenvalue weighted by atomic mass is 32.2. The van der Waals surface area contributed by atoms with Gasteiger partial charge in [-0.05, 0) is 64.2 Å². The number of aliphatic hydroxyl groups excluding tert-OH is 5. The molecule has 0 aromatic heterocycles. The number of unbranched alkanes of at least 4 members (excludes halogenated alkanes) is 14. The molecule has 0 aromatic carbocycles. The molecular formula is C50H87NO19P2S. The van der Waals surface area contributed by atoms with Gasteiger partial charge < -0.3 is 60.5 Å². The lowest BCUT2D eigenvalue weighted by atomic mass is 9.85. The van der Waals surface area contributed by atoms with Gasteiger partial charge in [0.05, 0.1) is 12.7 Å². The molecule has 0 aromatic rings. The zero-order valence-electron chi connectivity index (χ0n) is 42.7. The lowest BCUT2D eigenvalue weighted by Gasteiger charge is -2.43. The highest BCUT2D eigenvalue weighted by molar-refractivity contribution is 8.00. The predicted molar refractivity (Wildman–Crippen MR) is 279 cm³/mol. The molecular weight excluding hydrogens is 1010 g/mol. The molecule has 0 spiro atoms. The summed E-state index contributed by atoms with van der Waals surface area (Å²) in [5, 5.41) is 60.6. The van der Waals surface area contributed by atoms with Crippen LogP contribution in [-0.2, 0) is 46.6 Å². The first-order valence-corrected chi connectivity index (χ1v) is 29.8. The first-order chi connectivity index (χ1) is 34.7. The molecule has 73 heavy (non-hydrogen) atoms. The highest BCUT2D eigenvalue weighted by Gasteiger charge is 2.54. The quantitative estimate of drug-likeness (QED) is 0.00952. The Morgan fingerprint density at radius 3 is 1.78 bits per heavy atom. The number of hydrogen-bond acceptors (Lipinski definition) is 17. The summed E-state index contributed by atoms with van der Waals surface area (Å²) in [6.07, 6.45) is 22.0. The van der Waals surface area contributed by atoms with Crippen LogP contribution in [0.15, 0.2) is 60.8 Å². The van der Waals surface area contributed by atoms with Gasteiger partial charge in [-0.25, -0.2) is 9.13 Å². The monoisotopic (exact) mass is 1100 g/mol. The summed E-state index contributed by atoms with van der Waals surface area (Å²) in [4.78, 5) is 66.7. The van der Waals surface area contributed by atoms with Crippen LogP contribution in [0.4, 0.5) is 0 Å². The van der Waals surface area contributed by atoms with E-state index in [1.54, 1.807) is 24.3 Å². The van der Waals surface area contributed by atoms with Crippen molar-refractivity contribution in [3.05, 3.63) is 60.8 Å². The number of thioether (sulfide) groups is 1. The molecule has 0 amide bonds. The van der Waals surface area contributed by atoms with Gasteiger partial charge in [0.15, 0.2) is 6.10 Å². The summed E-state index contributed by atoms with van der Waals surface area (Å²) in [6.45, 7) is 2.61. The third-order valence-corrected chi connectivity index (χ3v) is 14.5. The SMILES string of the molecule is CCCCC/C=C\C\C=C/C=C/C=C/[C@@H](SC[C@H](N)C(=O)O[C@H](COC(=O)CCCCCCC/C=C\CCCCCCCC)COP(=O)(O)O[C@H]1[C@H](O)[C@@H](O)[C@H](O)[C@@H](O)[C@H]1OP(=O)(O)O)[C@@H](O)CCCC(=O)O. The van der Waals surface area contributed by atoms with Crippen molar-refractivity contribution in [1.29, 1.82) is 0 Å². The standard InChI is InChI=1S/C50H87NO19P2S/c1-3-5-7-9-11-13-15-17-18-19-21-23-25-27-29-34-43(55)66-35-38(36-67-72(64,65)70-49-47(59)45(57)44(56)46(58)48(49)69-71(61,62)63)68-50(60)39(51)37-73-41(40(52)31-30-33-42(53)54)32-28-26-24-22-20-16-14-12-10-8-6-4-2/h12,14,17-18,20,22,24,26,28,32,38-41,44-49,52,56-59H,3-11,13,15-16,19,21,23,25,27,29-31,33-37,51H2,1-2H3,(H,53,54)(H,64,65)(H2,61,62,63)/b14-12-,18-17-,22-20-,26-24+,32-28+/t38-,39+,40+,41-,44+,45+,46-,47-,48-,49+/m1/s1. The van der Waals surface area contributed by atoms with Crippen molar-refractivity contribution in [1.82, 2.24) is 0 Å². The van der Waals surface area contributed by atoms with Gasteiger partial charge in [-0.15, -0.1) is 11.8 Å². The van der Waals surface area contributed by atoms with Gasteiger partial charge >= 0.3 is 33.6 Å². The second-order valence-electron chi connectivity index (χ2n) is 18.1. The summed E-state index contributed by atoms with van der Waals surface area (Å²) in [7, 11) is -11.0. The van der Waals surface area contributed by atoms with Gasteiger partial charge in [0.25, 0.3) is 0 Å². The van der Waals surface area contributed by atoms with Crippen molar-refractivity contribution in [2.45, 2.75) is 215 Å². The van der Waals surface area contributed by atoms with E-state index in [0.717, 1.165) is 76.0 Å². The number of carbonyl (C=O) groups is 3. The van der Waals surface area contributed by atoms with Gasteiger partial charge in [0.2, 0.25) is 0 Å². The van der Waals surface area contributed by atoms with Crippen LogP contribution in [0.2, 0.25) is 0 Å². The fourth-order valence-corrected chi connectivity index (χ4v) is 10.0. The summed E-state index contributed by atoms with van der Waals surface area (Å²) < 4.78 is 50.0. The fourth-order valence-electron chi connectivity index (χ4n) is 7.38. The average Bonchev–Trinajstić information content (AvgIpc) is 3.33. The Hall–Kier alpha value is -2.56. The fraction of sp³-hybridized carbons (Fsp3) is 0.740. The molecule has 0 aliphatic heterocycles. The smallest absolute Gasteiger partial charge is 0.472 e. The van der Waals surface area contributed by atoms with Crippen molar-refractivity contribution >= 4 is 45.3 Å². The summed E-state index contributed by atoms with van der Waals surface area (Å²) in [5.74, 6) is -2.95. The molecule has 1 fully saturated rings. The Bertz CT molecular complexity index is 1760. The number of ether oxygens (including phenoxy) is 2. The zero-order valence-corrected chi connectivity index (χ0v) is 45.3. The third kappa shape index (κ3) is 34.0. The molecule has 23 heteroatoms. The van der Waals surface area contributed by atoms with E-state index < -0.39 is 107 Å². The minimum Gasteiger partial charge on any atom is -0.481 e. The molecule has 1 unspecified atom stereocenters. The van der Waals surface area contributed by atoms with E-state index in [1.165, 1.54) is 44.9 Å². The molecule has 11 N–H and O–H groups in total. The molecule has 1 aliphatic carbocycles. The Labute approximate surface area is 436 Å². The van der Waals surface area contributed by atoms with E-state index in [1.807, 2.05) is 12.2 Å². The number of rotatable bonds is 43. The largest absolute Gasteiger partial charge is 0.481 e. The van der Waals surface area contributed by atoms with Crippen LogP contribution < -0.4 is 5.73 Å². The van der Waals surface area contributed by atoms with E-state index in [4.69, 9.17) is 29.4 Å². The Balaban J connectivity index is 3.03. The number of hydrogen-bond donors (Lipinski definition) is 10. The number of phosphoric acid groups is 2. The van der Waals surface area contributed by atoms with Gasteiger partial charge in [-0.2, -0.15) is 0 Å². The van der Waals surface area contributed by atoms with Crippen molar-refractivity contribution in [2.24, 2.45) is 5.73 Å². The van der Waals surface area contributed by atoms with Crippen molar-refractivity contribution in [3.8, 4) is 0 Å². The average molecular weight is 1100 g/mol. The lowest BCUT2D eigenvalue weighted by Crippen LogP contribution is -2.64. The molecule has 1 rings (SSSR count). The molecule has 0 saturated heterocycles. The minimum absolute atomic E-state index is 0.000181. The maximum absolute atomic E-state index is 13.4. The van der Waals surface area contributed by atoms with Gasteiger partial charge in [-0.1, -0.05) is 139 Å². The van der Waals surface area contributed by atoms with E-state index in [-0.39, 0.29) is 31.4 Å². The highest BCUT2D eigenvalue weighted by Crippen LogP contribution is 2.50. The molecule has 0 radical (unpaired) electrons. The first-order valence-electron chi connectivity index (χ1n) is 25.8. The van der Waals surface area contributed by atoms with Crippen molar-refractivity contribution in [3.63, 3.8) is 0 Å². The van der Waals surface area contributed by atoms with Crippen LogP contribution in [0.1, 0.15) is 155 Å². The molecule has 1 aliphatic rings. The van der Waals surface area contributed by atoms with Gasteiger partial charge in [0.1, 0.15) is 49.3 Å². The second kappa shape index (κ2) is 40.7. The Morgan fingerprint density at radius 2 is 1.18 bits per heavy atom. The van der Waals surface area contributed by atoms with Gasteiger partial charge in [-0.3, -0.25) is 28.0 Å². The normalized spacial score (nSPS) is 22.3. The molecule has 0 bridgehead atoms. The number of phosphoric ester groups is 2. The summed E-state index contributed by atoms with van der Waals surface area (Å²) in [5.41, 5.74) is 6.21. The predicted octanol–water partition coefficient (Wildman–Crippen LogP) is 7.16. The van der Waals surface area contributed by atoms with Crippen LogP contribution in [0.3, 0.4) is 0 Å². The van der Waals surface area contributed by atoms with Crippen LogP contribution >= 0.6 is 27.4 Å². The van der Waals surface area contributed by atoms with Crippen molar-refractivity contribution < 1.29 is 91.9 Å². The Morgan fingerprint density at radius 1 is 0.644 bits per heavy atom. The molecule has 11 atom stereocenters. The number of esters is 2. The van der Waals surface area contributed by atoms with Crippen molar-refractivity contribution in [2.75, 3.05) is 19.0 Å². The Kier molecular flexibility index (Phi) is 38.1. The number of allylic oxidation sites excluding steroid dienone is 9. The number of aliphatic hydroxyl groups is 5. The maximum atomic E-state index is 13.4. The lowest BCUT2D eigenvalue weighted by molar-refractivity contribution is -0.216. The topological polar surface area (TPSA) is 340 Å². The molecule has 20 nitrogen and oxygen atoms in total. The zero-order chi connectivity index (χ0) is 54.5. The number of carboxylic acids is 1. The second-order valence-corrected chi connectivity index (χ2v) is 21.9. The number of carbonyl (C=O) groups excluding carboxylic acids is 2. The summed E-state index contributed by atoms with van der Waals surface area (Å²) >= 11 is 1.07. The number of nitrogens with two attached hydrogens (primary N) is 1. The van der Waals surface area contributed by atoms with Crippen LogP contribution in [0.25, 0.3) is 0 Å². The van der Waals surface area contributed by atoms with E-state index in [9.17, 15) is 63.7 Å². The van der Waals surface area contributed by atoms with E-state index in [2.05, 4.69) is 42.7 Å². The molecule has 0 heterocycles. The van der Waals surface area contributed by atoms with Crippen LogP contribution in [-0.4, -0.2) is 142 Å².